The minimum absolute atomic E-state index is 0.0231. The molecule has 0 atom stereocenters. The number of nitrogens with zero attached hydrogens (tertiary/aromatic N) is 1. The van der Waals surface area contributed by atoms with Crippen molar-refractivity contribution in [2.45, 2.75) is 20.4 Å². The maximum absolute atomic E-state index is 12.3. The van der Waals surface area contributed by atoms with Gasteiger partial charge in [-0.2, -0.15) is 0 Å². The van der Waals surface area contributed by atoms with Gasteiger partial charge in [-0.3, -0.25) is 9.59 Å². The number of para-hydroxylation sites is 1. The molecule has 2 amide bonds. The lowest BCUT2D eigenvalue weighted by Crippen LogP contribution is -2.39. The summed E-state index contributed by atoms with van der Waals surface area (Å²) in [5.41, 5.74) is 2.59. The Morgan fingerprint density at radius 3 is 2.64 bits per heavy atom. The average molecular weight is 340 g/mol. The van der Waals surface area contributed by atoms with E-state index >= 15 is 0 Å². The van der Waals surface area contributed by atoms with E-state index in [-0.39, 0.29) is 25.2 Å². The zero-order valence-corrected chi connectivity index (χ0v) is 14.2. The van der Waals surface area contributed by atoms with E-state index in [1.54, 1.807) is 0 Å². The molecule has 0 aliphatic carbocycles. The van der Waals surface area contributed by atoms with E-state index in [9.17, 15) is 9.59 Å². The summed E-state index contributed by atoms with van der Waals surface area (Å²) in [6.07, 6.45) is 0. The standard InChI is InChI=1S/C19H20N2O4/c1-13-5-3-4-6-16(13)21(14(2)22)11-19(23)20-10-15-7-8-17-18(9-15)25-12-24-17/h3-9H,10-12H2,1-2H3,(H,20,23). The molecule has 0 radical (unpaired) electrons. The van der Waals surface area contributed by atoms with Gasteiger partial charge in [-0.15, -0.1) is 0 Å². The van der Waals surface area contributed by atoms with Gasteiger partial charge in [-0.1, -0.05) is 24.3 Å². The maximum Gasteiger partial charge on any atom is 0.240 e. The average Bonchev–Trinajstić information content (AvgIpc) is 3.06. The van der Waals surface area contributed by atoms with Crippen molar-refractivity contribution in [1.82, 2.24) is 5.32 Å². The zero-order valence-electron chi connectivity index (χ0n) is 14.2. The van der Waals surface area contributed by atoms with Crippen LogP contribution in [0.15, 0.2) is 42.5 Å². The first-order valence-corrected chi connectivity index (χ1v) is 8.03. The van der Waals surface area contributed by atoms with Gasteiger partial charge in [0.25, 0.3) is 0 Å². The molecule has 1 heterocycles. The number of carbonyl (C=O) groups excluding carboxylic acids is 2. The number of ether oxygens (including phenoxy) is 2. The van der Waals surface area contributed by atoms with Crippen molar-refractivity contribution in [2.75, 3.05) is 18.2 Å². The predicted octanol–water partition coefficient (Wildman–Crippen LogP) is 2.39. The summed E-state index contributed by atoms with van der Waals surface area (Å²) >= 11 is 0. The first-order chi connectivity index (χ1) is 12.0. The third-order valence-corrected chi connectivity index (χ3v) is 4.01. The molecule has 0 bridgehead atoms. The first kappa shape index (κ1) is 16.8. The zero-order chi connectivity index (χ0) is 17.8. The van der Waals surface area contributed by atoms with Crippen LogP contribution in [0.5, 0.6) is 11.5 Å². The molecule has 0 aromatic heterocycles. The second-order valence-corrected chi connectivity index (χ2v) is 5.86. The lowest BCUT2D eigenvalue weighted by atomic mass is 10.1. The second-order valence-electron chi connectivity index (χ2n) is 5.86. The first-order valence-electron chi connectivity index (χ1n) is 8.03. The Bertz CT molecular complexity index is 804. The van der Waals surface area contributed by atoms with E-state index in [2.05, 4.69) is 5.32 Å². The Hall–Kier alpha value is -3.02. The fourth-order valence-electron chi connectivity index (χ4n) is 2.68. The molecule has 3 rings (SSSR count). The normalized spacial score (nSPS) is 11.9. The highest BCUT2D eigenvalue weighted by Crippen LogP contribution is 2.32. The SMILES string of the molecule is CC(=O)N(CC(=O)NCc1ccc2c(c1)OCO2)c1ccccc1C. The summed E-state index contributed by atoms with van der Waals surface area (Å²) in [5, 5.41) is 2.84. The largest absolute Gasteiger partial charge is 0.454 e. The Morgan fingerprint density at radius 1 is 1.12 bits per heavy atom. The van der Waals surface area contributed by atoms with Gasteiger partial charge in [0, 0.05) is 19.2 Å². The van der Waals surface area contributed by atoms with Crippen molar-refractivity contribution in [3.05, 3.63) is 53.6 Å². The van der Waals surface area contributed by atoms with Gasteiger partial charge in [-0.25, -0.2) is 0 Å². The number of nitrogens with one attached hydrogen (secondary N) is 1. The number of anilines is 1. The summed E-state index contributed by atoms with van der Waals surface area (Å²) in [6.45, 7) is 3.92. The number of fused-ring (bicyclic) bond motifs is 1. The van der Waals surface area contributed by atoms with E-state index in [0.29, 0.717) is 18.0 Å². The highest BCUT2D eigenvalue weighted by atomic mass is 16.7. The molecule has 130 valence electrons. The molecule has 1 aliphatic heterocycles. The van der Waals surface area contributed by atoms with Crippen LogP contribution in [0.1, 0.15) is 18.1 Å². The molecule has 0 saturated carbocycles. The lowest BCUT2D eigenvalue weighted by Gasteiger charge is -2.22. The van der Waals surface area contributed by atoms with Crippen molar-refractivity contribution in [2.24, 2.45) is 0 Å². The lowest BCUT2D eigenvalue weighted by molar-refractivity contribution is -0.123. The summed E-state index contributed by atoms with van der Waals surface area (Å²) in [7, 11) is 0. The Balaban J connectivity index is 1.62. The number of rotatable bonds is 5. The van der Waals surface area contributed by atoms with Crippen LogP contribution in [-0.2, 0) is 16.1 Å². The molecular formula is C19H20N2O4. The van der Waals surface area contributed by atoms with Crippen LogP contribution in [0, 0.1) is 6.92 Å². The highest BCUT2D eigenvalue weighted by Gasteiger charge is 2.18. The number of hydrogen-bond donors (Lipinski definition) is 1. The van der Waals surface area contributed by atoms with E-state index in [1.807, 2.05) is 49.4 Å². The van der Waals surface area contributed by atoms with Crippen LogP contribution in [0.3, 0.4) is 0 Å². The summed E-state index contributed by atoms with van der Waals surface area (Å²) in [4.78, 5) is 25.7. The van der Waals surface area contributed by atoms with Crippen molar-refractivity contribution in [1.29, 1.82) is 0 Å². The van der Waals surface area contributed by atoms with E-state index < -0.39 is 0 Å². The number of carbonyl (C=O) groups is 2. The molecule has 0 fully saturated rings. The van der Waals surface area contributed by atoms with Crippen LogP contribution < -0.4 is 19.7 Å². The van der Waals surface area contributed by atoms with Crippen molar-refractivity contribution >= 4 is 17.5 Å². The van der Waals surface area contributed by atoms with Gasteiger partial charge >= 0.3 is 0 Å². The molecule has 6 nitrogen and oxygen atoms in total. The minimum Gasteiger partial charge on any atom is -0.454 e. The molecule has 2 aromatic rings. The van der Waals surface area contributed by atoms with Gasteiger partial charge in [0.2, 0.25) is 18.6 Å². The number of aryl methyl sites for hydroxylation is 1. The molecule has 0 unspecified atom stereocenters. The van der Waals surface area contributed by atoms with Gasteiger partial charge in [0.05, 0.1) is 0 Å². The predicted molar refractivity (Wildman–Crippen MR) is 93.6 cm³/mol. The summed E-state index contributed by atoms with van der Waals surface area (Å²) in [6, 6.07) is 13.0. The van der Waals surface area contributed by atoms with E-state index in [0.717, 1.165) is 16.8 Å². The molecule has 0 spiro atoms. The molecule has 1 aliphatic rings. The van der Waals surface area contributed by atoms with Crippen LogP contribution in [0.25, 0.3) is 0 Å². The smallest absolute Gasteiger partial charge is 0.240 e. The van der Waals surface area contributed by atoms with Gasteiger partial charge in [-0.05, 0) is 36.2 Å². The van der Waals surface area contributed by atoms with Crippen LogP contribution in [0.4, 0.5) is 5.69 Å². The van der Waals surface area contributed by atoms with Gasteiger partial charge < -0.3 is 19.7 Å². The second kappa shape index (κ2) is 7.25. The monoisotopic (exact) mass is 340 g/mol. The minimum atomic E-state index is -0.226. The molecule has 1 N–H and O–H groups in total. The van der Waals surface area contributed by atoms with Crippen molar-refractivity contribution < 1.29 is 19.1 Å². The third kappa shape index (κ3) is 3.91. The number of amides is 2. The molecule has 25 heavy (non-hydrogen) atoms. The fourth-order valence-corrected chi connectivity index (χ4v) is 2.68. The number of hydrogen-bond acceptors (Lipinski definition) is 4. The van der Waals surface area contributed by atoms with E-state index in [1.165, 1.54) is 11.8 Å². The number of benzene rings is 2. The van der Waals surface area contributed by atoms with Crippen molar-refractivity contribution in [3.63, 3.8) is 0 Å². The fraction of sp³-hybridized carbons (Fsp3) is 0.263. The van der Waals surface area contributed by atoms with Crippen LogP contribution >= 0.6 is 0 Å². The molecule has 2 aromatic carbocycles. The topological polar surface area (TPSA) is 67.9 Å². The van der Waals surface area contributed by atoms with Gasteiger partial charge in [0.15, 0.2) is 11.5 Å². The highest BCUT2D eigenvalue weighted by molar-refractivity contribution is 5.98. The Kier molecular flexibility index (Phi) is 4.88. The summed E-state index contributed by atoms with van der Waals surface area (Å²) in [5.74, 6) is 0.984. The molecule has 6 heteroatoms. The van der Waals surface area contributed by atoms with Crippen LogP contribution in [-0.4, -0.2) is 25.2 Å². The van der Waals surface area contributed by atoms with Crippen molar-refractivity contribution in [3.8, 4) is 11.5 Å². The van der Waals surface area contributed by atoms with E-state index in [4.69, 9.17) is 9.47 Å². The Morgan fingerprint density at radius 2 is 1.88 bits per heavy atom. The maximum atomic E-state index is 12.3. The van der Waals surface area contributed by atoms with Crippen LogP contribution in [0.2, 0.25) is 0 Å². The quantitative estimate of drug-likeness (QED) is 0.907. The molecule has 0 saturated heterocycles. The molecular weight excluding hydrogens is 320 g/mol. The third-order valence-electron chi connectivity index (χ3n) is 4.01. The van der Waals surface area contributed by atoms with Gasteiger partial charge in [0.1, 0.15) is 6.54 Å². The Labute approximate surface area is 146 Å². The summed E-state index contributed by atoms with van der Waals surface area (Å²) < 4.78 is 10.6.